The van der Waals surface area contributed by atoms with E-state index in [-0.39, 0.29) is 12.2 Å². The number of rotatable bonds is 4. The first-order chi connectivity index (χ1) is 7.53. The zero-order valence-corrected chi connectivity index (χ0v) is 8.47. The van der Waals surface area contributed by atoms with Crippen LogP contribution in [0.15, 0.2) is 6.07 Å². The van der Waals surface area contributed by atoms with Crippen LogP contribution in [0.5, 0.6) is 0 Å². The number of carbonyl (C=O) groups is 1. The second kappa shape index (κ2) is 3.58. The molecule has 0 radical (unpaired) electrons. The van der Waals surface area contributed by atoms with Crippen LogP contribution in [0, 0.1) is 10.1 Å². The molecular weight excluding hydrogens is 214 g/mol. The topological polar surface area (TPSA) is 109 Å². The maximum atomic E-state index is 10.7. The van der Waals surface area contributed by atoms with Gasteiger partial charge in [0, 0.05) is 5.41 Å². The molecule has 0 aromatic carbocycles. The SMILES string of the molecule is O=C(O)CC1(c2cc([N+](=O)[O-])[nH]n2)CCC1. The molecule has 0 saturated heterocycles. The van der Waals surface area contributed by atoms with Crippen LogP contribution in [0.1, 0.15) is 31.4 Å². The van der Waals surface area contributed by atoms with Gasteiger partial charge in [0.15, 0.2) is 0 Å². The van der Waals surface area contributed by atoms with Crippen LogP contribution in [0.3, 0.4) is 0 Å². The highest BCUT2D eigenvalue weighted by molar-refractivity contribution is 5.69. The highest BCUT2D eigenvalue weighted by atomic mass is 16.6. The summed E-state index contributed by atoms with van der Waals surface area (Å²) in [5.41, 5.74) is -0.01000. The van der Waals surface area contributed by atoms with Gasteiger partial charge in [-0.3, -0.25) is 4.79 Å². The smallest absolute Gasteiger partial charge is 0.342 e. The first-order valence-corrected chi connectivity index (χ1v) is 4.96. The Labute approximate surface area is 90.6 Å². The molecule has 7 heteroatoms. The van der Waals surface area contributed by atoms with Crippen LogP contribution in [0.4, 0.5) is 5.82 Å². The van der Waals surface area contributed by atoms with E-state index in [0.29, 0.717) is 5.69 Å². The number of carboxylic acid groups (broad SMARTS) is 1. The molecule has 0 spiro atoms. The zero-order chi connectivity index (χ0) is 11.8. The first kappa shape index (κ1) is 10.6. The zero-order valence-electron chi connectivity index (χ0n) is 8.47. The van der Waals surface area contributed by atoms with Gasteiger partial charge in [-0.25, -0.2) is 0 Å². The van der Waals surface area contributed by atoms with Crippen LogP contribution < -0.4 is 0 Å². The van der Waals surface area contributed by atoms with E-state index < -0.39 is 16.3 Å². The molecule has 16 heavy (non-hydrogen) atoms. The van der Waals surface area contributed by atoms with E-state index in [1.165, 1.54) is 6.07 Å². The monoisotopic (exact) mass is 225 g/mol. The largest absolute Gasteiger partial charge is 0.481 e. The van der Waals surface area contributed by atoms with Gasteiger partial charge >= 0.3 is 11.8 Å². The van der Waals surface area contributed by atoms with Crippen LogP contribution in [0.25, 0.3) is 0 Å². The molecule has 1 aromatic heterocycles. The van der Waals surface area contributed by atoms with Gasteiger partial charge in [-0.15, -0.1) is 5.10 Å². The number of carboxylic acids is 1. The summed E-state index contributed by atoms with van der Waals surface area (Å²) >= 11 is 0. The van der Waals surface area contributed by atoms with Crippen molar-refractivity contribution in [1.29, 1.82) is 0 Å². The van der Waals surface area contributed by atoms with E-state index in [0.717, 1.165) is 19.3 Å². The van der Waals surface area contributed by atoms with E-state index in [1.54, 1.807) is 0 Å². The van der Waals surface area contributed by atoms with Crippen molar-refractivity contribution >= 4 is 11.8 Å². The molecule has 2 N–H and O–H groups in total. The molecule has 1 aromatic rings. The van der Waals surface area contributed by atoms with Crippen LogP contribution >= 0.6 is 0 Å². The molecule has 0 atom stereocenters. The lowest BCUT2D eigenvalue weighted by atomic mass is 9.64. The maximum Gasteiger partial charge on any atom is 0.342 e. The van der Waals surface area contributed by atoms with Crippen molar-refractivity contribution < 1.29 is 14.8 Å². The molecule has 1 aliphatic rings. The molecule has 86 valence electrons. The van der Waals surface area contributed by atoms with Crippen molar-refractivity contribution in [3.05, 3.63) is 21.9 Å². The summed E-state index contributed by atoms with van der Waals surface area (Å²) in [6, 6.07) is 1.34. The third-order valence-electron chi connectivity index (χ3n) is 3.10. The second-order valence-electron chi connectivity index (χ2n) is 4.10. The number of aromatic nitrogens is 2. The summed E-state index contributed by atoms with van der Waals surface area (Å²) in [6.45, 7) is 0. The van der Waals surface area contributed by atoms with Crippen molar-refractivity contribution in [3.8, 4) is 0 Å². The number of nitrogens with one attached hydrogen (secondary N) is 1. The molecule has 7 nitrogen and oxygen atoms in total. The van der Waals surface area contributed by atoms with Gasteiger partial charge in [-0.2, -0.15) is 0 Å². The van der Waals surface area contributed by atoms with Crippen LogP contribution in [-0.4, -0.2) is 26.2 Å². The van der Waals surface area contributed by atoms with E-state index in [9.17, 15) is 14.9 Å². The molecule has 0 unspecified atom stereocenters. The Morgan fingerprint density at radius 3 is 2.75 bits per heavy atom. The maximum absolute atomic E-state index is 10.7. The Kier molecular flexibility index (Phi) is 2.37. The number of nitrogens with zero attached hydrogens (tertiary/aromatic N) is 2. The summed E-state index contributed by atoms with van der Waals surface area (Å²) in [5.74, 6) is -1.09. The van der Waals surface area contributed by atoms with Crippen molar-refractivity contribution in [3.63, 3.8) is 0 Å². The highest BCUT2D eigenvalue weighted by Crippen LogP contribution is 2.46. The fraction of sp³-hybridized carbons (Fsp3) is 0.556. The van der Waals surface area contributed by atoms with Gasteiger partial charge in [-0.1, -0.05) is 11.5 Å². The molecule has 1 aliphatic carbocycles. The number of aromatic amines is 1. The molecule has 0 aliphatic heterocycles. The van der Waals surface area contributed by atoms with E-state index >= 15 is 0 Å². The summed E-state index contributed by atoms with van der Waals surface area (Å²) in [7, 11) is 0. The lowest BCUT2D eigenvalue weighted by Gasteiger charge is -2.38. The summed E-state index contributed by atoms with van der Waals surface area (Å²) in [4.78, 5) is 20.7. The highest BCUT2D eigenvalue weighted by Gasteiger charge is 2.43. The number of hydrogen-bond acceptors (Lipinski definition) is 4. The summed E-state index contributed by atoms with van der Waals surface area (Å²) in [6.07, 6.45) is 2.37. The Bertz CT molecular complexity index is 436. The lowest BCUT2D eigenvalue weighted by molar-refractivity contribution is -0.389. The number of hydrogen-bond donors (Lipinski definition) is 2. The number of H-pyrrole nitrogens is 1. The van der Waals surface area contributed by atoms with E-state index in [2.05, 4.69) is 10.2 Å². The predicted octanol–water partition coefficient (Wildman–Crippen LogP) is 1.21. The Morgan fingerprint density at radius 2 is 2.38 bits per heavy atom. The average Bonchev–Trinajstić information content (AvgIpc) is 2.59. The predicted molar refractivity (Wildman–Crippen MR) is 53.0 cm³/mol. The minimum Gasteiger partial charge on any atom is -0.481 e. The molecule has 0 amide bonds. The summed E-state index contributed by atoms with van der Waals surface area (Å²) < 4.78 is 0. The second-order valence-corrected chi connectivity index (χ2v) is 4.10. The van der Waals surface area contributed by atoms with Gasteiger partial charge in [0.2, 0.25) is 0 Å². The summed E-state index contributed by atoms with van der Waals surface area (Å²) in [5, 5.41) is 25.5. The molecule has 2 rings (SSSR count). The van der Waals surface area contributed by atoms with Gasteiger partial charge in [0.25, 0.3) is 0 Å². The standard InChI is InChI=1S/C9H11N3O4/c13-8(14)5-9(2-1-3-9)6-4-7(11-10-6)12(15)16/h4H,1-3,5H2,(H,10,11)(H,13,14). The third kappa shape index (κ3) is 1.64. The van der Waals surface area contributed by atoms with Gasteiger partial charge in [0.1, 0.15) is 0 Å². The Morgan fingerprint density at radius 1 is 1.69 bits per heavy atom. The van der Waals surface area contributed by atoms with Crippen molar-refractivity contribution in [2.24, 2.45) is 0 Å². The van der Waals surface area contributed by atoms with Crippen molar-refractivity contribution in [2.75, 3.05) is 0 Å². The minimum absolute atomic E-state index is 0.0188. The quantitative estimate of drug-likeness (QED) is 0.591. The van der Waals surface area contributed by atoms with Crippen molar-refractivity contribution in [1.82, 2.24) is 10.2 Å². The normalized spacial score (nSPS) is 17.8. The molecule has 1 heterocycles. The Hall–Kier alpha value is -1.92. The third-order valence-corrected chi connectivity index (χ3v) is 3.10. The van der Waals surface area contributed by atoms with Crippen molar-refractivity contribution in [2.45, 2.75) is 31.1 Å². The van der Waals surface area contributed by atoms with E-state index in [4.69, 9.17) is 5.11 Å². The molecular formula is C9H11N3O4. The first-order valence-electron chi connectivity index (χ1n) is 4.96. The average molecular weight is 225 g/mol. The van der Waals surface area contributed by atoms with Crippen LogP contribution in [0.2, 0.25) is 0 Å². The lowest BCUT2D eigenvalue weighted by Crippen LogP contribution is -2.36. The minimum atomic E-state index is -0.898. The molecule has 1 saturated carbocycles. The molecule has 1 fully saturated rings. The van der Waals surface area contributed by atoms with E-state index in [1.807, 2.05) is 0 Å². The number of aliphatic carboxylic acids is 1. The Balaban J connectivity index is 2.26. The van der Waals surface area contributed by atoms with Gasteiger partial charge in [-0.05, 0) is 17.8 Å². The fourth-order valence-electron chi connectivity index (χ4n) is 2.09. The van der Waals surface area contributed by atoms with Gasteiger partial charge < -0.3 is 15.2 Å². The van der Waals surface area contributed by atoms with Gasteiger partial charge in [0.05, 0.1) is 18.2 Å². The molecule has 0 bridgehead atoms. The van der Waals surface area contributed by atoms with Crippen LogP contribution in [-0.2, 0) is 10.2 Å². The fourth-order valence-corrected chi connectivity index (χ4v) is 2.09. The number of nitro groups is 1.